The van der Waals surface area contributed by atoms with Crippen LogP contribution in [0.15, 0.2) is 18.2 Å². The molecule has 1 aromatic rings. The second-order valence-corrected chi connectivity index (χ2v) is 5.29. The van der Waals surface area contributed by atoms with Gasteiger partial charge < -0.3 is 5.32 Å². The standard InChI is InChI=1S/C9H11Cl2NOS/c1-14(13)3-2-12-9-5-7(10)4-8(11)6-9/h4-6,12H,2-3H2,1H3. The SMILES string of the molecule is CS(=O)CCNc1cc(Cl)cc(Cl)c1. The van der Waals surface area contributed by atoms with Gasteiger partial charge in [0, 0.05) is 45.1 Å². The van der Waals surface area contributed by atoms with Crippen LogP contribution in [0.2, 0.25) is 10.0 Å². The lowest BCUT2D eigenvalue weighted by atomic mass is 10.3. The van der Waals surface area contributed by atoms with Crippen molar-refractivity contribution in [1.82, 2.24) is 0 Å². The van der Waals surface area contributed by atoms with Gasteiger partial charge in [0.2, 0.25) is 0 Å². The molecular formula is C9H11Cl2NOS. The van der Waals surface area contributed by atoms with E-state index in [-0.39, 0.29) is 0 Å². The highest BCUT2D eigenvalue weighted by atomic mass is 35.5. The molecule has 1 N–H and O–H groups in total. The highest BCUT2D eigenvalue weighted by Gasteiger charge is 1.97. The molecule has 0 saturated heterocycles. The van der Waals surface area contributed by atoms with E-state index in [4.69, 9.17) is 23.2 Å². The molecule has 14 heavy (non-hydrogen) atoms. The Morgan fingerprint density at radius 2 is 1.86 bits per heavy atom. The third-order valence-corrected chi connectivity index (χ3v) is 2.80. The molecular weight excluding hydrogens is 241 g/mol. The van der Waals surface area contributed by atoms with Crippen molar-refractivity contribution in [1.29, 1.82) is 0 Å². The normalized spacial score (nSPS) is 12.5. The molecule has 1 atom stereocenters. The number of nitrogens with one attached hydrogen (secondary N) is 1. The first-order valence-electron chi connectivity index (χ1n) is 4.08. The predicted molar refractivity (Wildman–Crippen MR) is 63.9 cm³/mol. The van der Waals surface area contributed by atoms with Crippen LogP contribution in [0.4, 0.5) is 5.69 Å². The summed E-state index contributed by atoms with van der Waals surface area (Å²) in [5.41, 5.74) is 0.855. The molecule has 0 saturated carbocycles. The summed E-state index contributed by atoms with van der Waals surface area (Å²) in [5.74, 6) is 0.615. The van der Waals surface area contributed by atoms with Gasteiger partial charge in [-0.05, 0) is 18.2 Å². The Hall–Kier alpha value is -0.250. The van der Waals surface area contributed by atoms with Crippen molar-refractivity contribution in [2.24, 2.45) is 0 Å². The van der Waals surface area contributed by atoms with Crippen LogP contribution in [0.25, 0.3) is 0 Å². The van der Waals surface area contributed by atoms with Gasteiger partial charge in [0.25, 0.3) is 0 Å². The monoisotopic (exact) mass is 251 g/mol. The lowest BCUT2D eigenvalue weighted by Gasteiger charge is -2.05. The second-order valence-electron chi connectivity index (χ2n) is 2.86. The summed E-state index contributed by atoms with van der Waals surface area (Å²) >= 11 is 11.6. The van der Waals surface area contributed by atoms with Crippen molar-refractivity contribution in [2.45, 2.75) is 0 Å². The Morgan fingerprint density at radius 3 is 2.36 bits per heavy atom. The summed E-state index contributed by atoms with van der Waals surface area (Å²) in [6, 6.07) is 5.24. The average Bonchev–Trinajstić information content (AvgIpc) is 2.01. The van der Waals surface area contributed by atoms with Crippen molar-refractivity contribution >= 4 is 39.7 Å². The Labute approximate surface area is 96.1 Å². The molecule has 1 rings (SSSR count). The highest BCUT2D eigenvalue weighted by molar-refractivity contribution is 7.84. The van der Waals surface area contributed by atoms with Gasteiger partial charge in [-0.3, -0.25) is 4.21 Å². The number of hydrogen-bond acceptors (Lipinski definition) is 2. The largest absolute Gasteiger partial charge is 0.384 e. The van der Waals surface area contributed by atoms with Crippen LogP contribution in [-0.4, -0.2) is 22.8 Å². The van der Waals surface area contributed by atoms with E-state index in [1.807, 2.05) is 0 Å². The first-order valence-corrected chi connectivity index (χ1v) is 6.56. The zero-order chi connectivity index (χ0) is 10.6. The quantitative estimate of drug-likeness (QED) is 0.892. The zero-order valence-electron chi connectivity index (χ0n) is 7.72. The fourth-order valence-corrected chi connectivity index (χ4v) is 1.91. The van der Waals surface area contributed by atoms with Crippen LogP contribution >= 0.6 is 23.2 Å². The lowest BCUT2D eigenvalue weighted by molar-refractivity contribution is 0.687. The van der Waals surface area contributed by atoms with Gasteiger partial charge in [-0.2, -0.15) is 0 Å². The Morgan fingerprint density at radius 1 is 1.29 bits per heavy atom. The topological polar surface area (TPSA) is 29.1 Å². The van der Waals surface area contributed by atoms with Crippen LogP contribution in [-0.2, 0) is 10.8 Å². The lowest BCUT2D eigenvalue weighted by Crippen LogP contribution is -2.09. The maximum Gasteiger partial charge on any atom is 0.0441 e. The van der Waals surface area contributed by atoms with Crippen molar-refractivity contribution in [2.75, 3.05) is 23.9 Å². The molecule has 5 heteroatoms. The van der Waals surface area contributed by atoms with Gasteiger partial charge in [0.05, 0.1) is 0 Å². The van der Waals surface area contributed by atoms with E-state index in [0.717, 1.165) is 5.69 Å². The van der Waals surface area contributed by atoms with Crippen LogP contribution in [0.3, 0.4) is 0 Å². The summed E-state index contributed by atoms with van der Waals surface area (Å²) < 4.78 is 10.8. The number of rotatable bonds is 4. The minimum Gasteiger partial charge on any atom is -0.384 e. The first kappa shape index (κ1) is 11.8. The number of hydrogen-bond donors (Lipinski definition) is 1. The fraction of sp³-hybridized carbons (Fsp3) is 0.333. The van der Waals surface area contributed by atoms with Gasteiger partial charge in [-0.15, -0.1) is 0 Å². The smallest absolute Gasteiger partial charge is 0.0441 e. The van der Waals surface area contributed by atoms with Crippen LogP contribution < -0.4 is 5.32 Å². The number of anilines is 1. The maximum atomic E-state index is 10.8. The minimum atomic E-state index is -0.778. The van der Waals surface area contributed by atoms with Crippen LogP contribution in [0.5, 0.6) is 0 Å². The van der Waals surface area contributed by atoms with E-state index < -0.39 is 10.8 Å². The van der Waals surface area contributed by atoms with Gasteiger partial charge in [0.15, 0.2) is 0 Å². The minimum absolute atomic E-state index is 0.595. The molecule has 1 unspecified atom stereocenters. The maximum absolute atomic E-state index is 10.8. The summed E-state index contributed by atoms with van der Waals surface area (Å²) in [7, 11) is -0.778. The third kappa shape index (κ3) is 4.31. The van der Waals surface area contributed by atoms with Crippen LogP contribution in [0.1, 0.15) is 0 Å². The van der Waals surface area contributed by atoms with E-state index >= 15 is 0 Å². The van der Waals surface area contributed by atoms with Gasteiger partial charge in [0.1, 0.15) is 0 Å². The summed E-state index contributed by atoms with van der Waals surface area (Å²) in [6.45, 7) is 0.653. The molecule has 0 spiro atoms. The molecule has 0 aliphatic heterocycles. The Kier molecular flexibility index (Phi) is 4.72. The highest BCUT2D eigenvalue weighted by Crippen LogP contribution is 2.22. The van der Waals surface area contributed by atoms with Crippen molar-refractivity contribution < 1.29 is 4.21 Å². The third-order valence-electron chi connectivity index (χ3n) is 1.58. The fourth-order valence-electron chi connectivity index (χ4n) is 0.995. The summed E-state index contributed by atoms with van der Waals surface area (Å²) in [5, 5.41) is 4.29. The van der Waals surface area contributed by atoms with E-state index in [1.54, 1.807) is 24.5 Å². The molecule has 0 aliphatic carbocycles. The van der Waals surface area contributed by atoms with Gasteiger partial charge in [-0.1, -0.05) is 23.2 Å². The Bertz CT molecular complexity index is 323. The summed E-state index contributed by atoms with van der Waals surface area (Å²) in [6.07, 6.45) is 1.67. The van der Waals surface area contributed by atoms with Crippen LogP contribution in [0, 0.1) is 0 Å². The Balaban J connectivity index is 2.54. The van der Waals surface area contributed by atoms with E-state index in [0.29, 0.717) is 22.3 Å². The molecule has 1 aromatic carbocycles. The van der Waals surface area contributed by atoms with Crippen molar-refractivity contribution in [3.05, 3.63) is 28.2 Å². The molecule has 0 amide bonds. The number of halogens is 2. The molecule has 78 valence electrons. The average molecular weight is 252 g/mol. The van der Waals surface area contributed by atoms with Crippen molar-refractivity contribution in [3.8, 4) is 0 Å². The number of benzene rings is 1. The molecule has 0 radical (unpaired) electrons. The first-order chi connectivity index (χ1) is 6.58. The zero-order valence-corrected chi connectivity index (χ0v) is 10.0. The summed E-state index contributed by atoms with van der Waals surface area (Å²) in [4.78, 5) is 0. The molecule has 0 fully saturated rings. The van der Waals surface area contributed by atoms with E-state index in [2.05, 4.69) is 5.32 Å². The van der Waals surface area contributed by atoms with Gasteiger partial charge in [-0.25, -0.2) is 0 Å². The molecule has 0 heterocycles. The molecule has 0 bridgehead atoms. The predicted octanol–water partition coefficient (Wildman–Crippen LogP) is 2.78. The van der Waals surface area contributed by atoms with E-state index in [1.165, 1.54) is 0 Å². The van der Waals surface area contributed by atoms with Crippen molar-refractivity contribution in [3.63, 3.8) is 0 Å². The van der Waals surface area contributed by atoms with E-state index in [9.17, 15) is 4.21 Å². The second kappa shape index (κ2) is 5.59. The van der Waals surface area contributed by atoms with Gasteiger partial charge >= 0.3 is 0 Å². The molecule has 0 aromatic heterocycles. The molecule has 0 aliphatic rings. The molecule has 2 nitrogen and oxygen atoms in total.